The summed E-state index contributed by atoms with van der Waals surface area (Å²) in [7, 11) is 0. The van der Waals surface area contributed by atoms with Gasteiger partial charge in [0.25, 0.3) is 5.69 Å². The van der Waals surface area contributed by atoms with Crippen LogP contribution in [0.4, 0.5) is 16.5 Å². The Hall–Kier alpha value is -2.53. The first-order chi connectivity index (χ1) is 11.5. The maximum Gasteiger partial charge on any atom is 0.271 e. The topological polar surface area (TPSA) is 127 Å². The monoisotopic (exact) mass is 367 g/mol. The summed E-state index contributed by atoms with van der Waals surface area (Å²) in [5, 5.41) is 23.9. The van der Waals surface area contributed by atoms with Gasteiger partial charge in [0.05, 0.1) is 10.7 Å². The molecule has 0 radical (unpaired) electrons. The molecule has 0 aliphatic heterocycles. The molecular formula is C13H13N5O4S2. The molecule has 2 amide bonds. The Balaban J connectivity index is 1.86. The van der Waals surface area contributed by atoms with Crippen molar-refractivity contribution in [3.8, 4) is 0 Å². The van der Waals surface area contributed by atoms with Crippen molar-refractivity contribution in [2.24, 2.45) is 0 Å². The summed E-state index contributed by atoms with van der Waals surface area (Å²) in [6, 6.07) is 5.69. The van der Waals surface area contributed by atoms with Crippen LogP contribution in [0, 0.1) is 10.1 Å². The first-order valence-corrected chi connectivity index (χ1v) is 8.58. The van der Waals surface area contributed by atoms with E-state index in [4.69, 9.17) is 0 Å². The van der Waals surface area contributed by atoms with Crippen LogP contribution in [0.5, 0.6) is 0 Å². The van der Waals surface area contributed by atoms with Crippen LogP contribution < -0.4 is 10.6 Å². The summed E-state index contributed by atoms with van der Waals surface area (Å²) >= 11 is 2.33. The van der Waals surface area contributed by atoms with Crippen LogP contribution in [-0.2, 0) is 9.59 Å². The number of aromatic nitrogens is 2. The zero-order valence-electron chi connectivity index (χ0n) is 12.5. The van der Waals surface area contributed by atoms with E-state index in [-0.39, 0.29) is 23.3 Å². The van der Waals surface area contributed by atoms with Gasteiger partial charge in [-0.25, -0.2) is 0 Å². The largest absolute Gasteiger partial charge is 0.325 e. The molecule has 0 aliphatic rings. The van der Waals surface area contributed by atoms with Crippen LogP contribution in [0.3, 0.4) is 0 Å². The highest BCUT2D eigenvalue weighted by atomic mass is 32.2. The Kier molecular flexibility index (Phi) is 6.21. The maximum absolute atomic E-state index is 11.9. The molecule has 1 heterocycles. The second-order valence-corrected chi connectivity index (χ2v) is 6.62. The quantitative estimate of drug-likeness (QED) is 0.333. The van der Waals surface area contributed by atoms with Crippen LogP contribution in [-0.4, -0.2) is 32.7 Å². The number of thioether (sulfide) groups is 1. The average Bonchev–Trinajstić information content (AvgIpc) is 3.00. The second-order valence-electron chi connectivity index (χ2n) is 4.42. The average molecular weight is 367 g/mol. The Bertz CT molecular complexity index is 764. The van der Waals surface area contributed by atoms with Crippen LogP contribution in [0.1, 0.15) is 13.3 Å². The second kappa shape index (κ2) is 8.36. The van der Waals surface area contributed by atoms with Crippen molar-refractivity contribution in [2.75, 3.05) is 16.4 Å². The normalized spacial score (nSPS) is 10.2. The van der Waals surface area contributed by atoms with Gasteiger partial charge in [-0.05, 0) is 6.07 Å². The molecule has 2 rings (SSSR count). The van der Waals surface area contributed by atoms with Gasteiger partial charge in [0.15, 0.2) is 4.34 Å². The van der Waals surface area contributed by atoms with Gasteiger partial charge in [-0.1, -0.05) is 36.1 Å². The van der Waals surface area contributed by atoms with Gasteiger partial charge >= 0.3 is 0 Å². The van der Waals surface area contributed by atoms with Gasteiger partial charge in [0, 0.05) is 24.2 Å². The smallest absolute Gasteiger partial charge is 0.271 e. The van der Waals surface area contributed by atoms with E-state index in [0.29, 0.717) is 21.6 Å². The molecule has 2 N–H and O–H groups in total. The number of benzene rings is 1. The maximum atomic E-state index is 11.9. The fourth-order valence-corrected chi connectivity index (χ4v) is 3.12. The van der Waals surface area contributed by atoms with E-state index in [9.17, 15) is 19.7 Å². The third-order valence-electron chi connectivity index (χ3n) is 2.64. The van der Waals surface area contributed by atoms with Gasteiger partial charge in [0.2, 0.25) is 16.9 Å². The van der Waals surface area contributed by atoms with Crippen LogP contribution in [0.15, 0.2) is 28.6 Å². The van der Waals surface area contributed by atoms with Crippen LogP contribution in [0.2, 0.25) is 0 Å². The predicted molar refractivity (Wildman–Crippen MR) is 91.3 cm³/mol. The molecule has 0 fully saturated rings. The number of rotatable bonds is 7. The number of hydrogen-bond acceptors (Lipinski definition) is 8. The Morgan fingerprint density at radius 1 is 1.29 bits per heavy atom. The summed E-state index contributed by atoms with van der Waals surface area (Å²) in [6.45, 7) is 1.73. The van der Waals surface area contributed by atoms with E-state index in [2.05, 4.69) is 20.8 Å². The molecule has 1 aromatic carbocycles. The molecule has 1 aromatic heterocycles. The van der Waals surface area contributed by atoms with Crippen molar-refractivity contribution in [3.05, 3.63) is 34.4 Å². The third-order valence-corrected chi connectivity index (χ3v) is 4.61. The Morgan fingerprint density at radius 2 is 2.08 bits per heavy atom. The third kappa shape index (κ3) is 5.28. The molecule has 0 atom stereocenters. The number of nitro groups is 1. The number of nitro benzene ring substituents is 1. The van der Waals surface area contributed by atoms with E-state index in [1.807, 2.05) is 0 Å². The van der Waals surface area contributed by atoms with E-state index in [1.165, 1.54) is 29.5 Å². The number of amides is 2. The van der Waals surface area contributed by atoms with Crippen LogP contribution in [0.25, 0.3) is 0 Å². The minimum absolute atomic E-state index is 0.0685. The Morgan fingerprint density at radius 3 is 2.79 bits per heavy atom. The lowest BCUT2D eigenvalue weighted by molar-refractivity contribution is -0.384. The van der Waals surface area contributed by atoms with Crippen molar-refractivity contribution in [1.82, 2.24) is 10.2 Å². The SMILES string of the molecule is CCC(=O)Nc1nnc(SCC(=O)Nc2cccc([N+](=O)[O-])c2)s1. The van der Waals surface area contributed by atoms with E-state index in [0.717, 1.165) is 11.8 Å². The zero-order valence-corrected chi connectivity index (χ0v) is 14.1. The Labute approximate surface area is 145 Å². The highest BCUT2D eigenvalue weighted by Crippen LogP contribution is 2.25. The highest BCUT2D eigenvalue weighted by molar-refractivity contribution is 8.01. The summed E-state index contributed by atoms with van der Waals surface area (Å²) < 4.78 is 0.538. The van der Waals surface area contributed by atoms with E-state index in [1.54, 1.807) is 13.0 Å². The number of carbonyl (C=O) groups is 2. The number of non-ortho nitro benzene ring substituents is 1. The zero-order chi connectivity index (χ0) is 17.5. The fraction of sp³-hybridized carbons (Fsp3) is 0.231. The van der Waals surface area contributed by atoms with Crippen molar-refractivity contribution < 1.29 is 14.5 Å². The number of hydrogen-bond donors (Lipinski definition) is 2. The van der Waals surface area contributed by atoms with Gasteiger partial charge in [-0.3, -0.25) is 19.7 Å². The van der Waals surface area contributed by atoms with Gasteiger partial charge < -0.3 is 10.6 Å². The molecule has 0 aliphatic carbocycles. The number of anilines is 2. The lowest BCUT2D eigenvalue weighted by Crippen LogP contribution is -2.14. The molecule has 11 heteroatoms. The molecule has 24 heavy (non-hydrogen) atoms. The molecule has 2 aromatic rings. The molecule has 0 saturated heterocycles. The highest BCUT2D eigenvalue weighted by Gasteiger charge is 2.11. The van der Waals surface area contributed by atoms with Gasteiger partial charge in [0.1, 0.15) is 0 Å². The number of nitrogens with zero attached hydrogens (tertiary/aromatic N) is 3. The molecule has 0 bridgehead atoms. The molecule has 0 spiro atoms. The lowest BCUT2D eigenvalue weighted by Gasteiger charge is -2.03. The summed E-state index contributed by atoms with van der Waals surface area (Å²) in [5.41, 5.74) is 0.254. The van der Waals surface area contributed by atoms with Crippen molar-refractivity contribution in [1.29, 1.82) is 0 Å². The molecule has 0 saturated carbocycles. The standard InChI is InChI=1S/C13H13N5O4S2/c1-2-10(19)15-12-16-17-13(24-12)23-7-11(20)14-8-4-3-5-9(6-8)18(21)22/h3-6H,2,7H2,1H3,(H,14,20)(H,15,16,19). The van der Waals surface area contributed by atoms with Gasteiger partial charge in [-0.2, -0.15) is 0 Å². The minimum Gasteiger partial charge on any atom is -0.325 e. The summed E-state index contributed by atoms with van der Waals surface area (Å²) in [4.78, 5) is 33.3. The molecular weight excluding hydrogens is 354 g/mol. The van der Waals surface area contributed by atoms with E-state index < -0.39 is 4.92 Å². The fourth-order valence-electron chi connectivity index (χ4n) is 1.55. The van der Waals surface area contributed by atoms with Crippen LogP contribution >= 0.6 is 23.1 Å². The predicted octanol–water partition coefficient (Wildman–Crippen LogP) is 2.53. The molecule has 126 valence electrons. The molecule has 0 unspecified atom stereocenters. The minimum atomic E-state index is -0.530. The van der Waals surface area contributed by atoms with Gasteiger partial charge in [-0.15, -0.1) is 10.2 Å². The number of nitrogens with one attached hydrogen (secondary N) is 2. The van der Waals surface area contributed by atoms with Crippen molar-refractivity contribution in [2.45, 2.75) is 17.7 Å². The van der Waals surface area contributed by atoms with Crippen molar-refractivity contribution >= 4 is 51.4 Å². The molecule has 9 nitrogen and oxygen atoms in total. The van der Waals surface area contributed by atoms with Crippen molar-refractivity contribution in [3.63, 3.8) is 0 Å². The lowest BCUT2D eigenvalue weighted by atomic mass is 10.3. The first kappa shape index (κ1) is 17.8. The number of carbonyl (C=O) groups excluding carboxylic acids is 2. The summed E-state index contributed by atoms with van der Waals surface area (Å²) in [5.74, 6) is -0.417. The summed E-state index contributed by atoms with van der Waals surface area (Å²) in [6.07, 6.45) is 0.341. The van der Waals surface area contributed by atoms with E-state index >= 15 is 0 Å². The first-order valence-electron chi connectivity index (χ1n) is 6.78.